The summed E-state index contributed by atoms with van der Waals surface area (Å²) in [5.74, 6) is -0.0308. The molecule has 1 aromatic rings. The monoisotopic (exact) mass is 322 g/mol. The number of amides is 2. The highest BCUT2D eigenvalue weighted by molar-refractivity contribution is 5.99. The van der Waals surface area contributed by atoms with Crippen molar-refractivity contribution in [1.82, 2.24) is 15.2 Å². The van der Waals surface area contributed by atoms with Gasteiger partial charge in [0.15, 0.2) is 0 Å². The fourth-order valence-corrected chi connectivity index (χ4v) is 2.64. The van der Waals surface area contributed by atoms with Gasteiger partial charge in [0.2, 0.25) is 17.7 Å². The second-order valence-corrected chi connectivity index (χ2v) is 5.27. The van der Waals surface area contributed by atoms with Crippen molar-refractivity contribution in [2.45, 2.75) is 25.4 Å². The topological polar surface area (TPSA) is 107 Å². The second kappa shape index (κ2) is 7.28. The van der Waals surface area contributed by atoms with E-state index in [1.54, 1.807) is 12.1 Å². The van der Waals surface area contributed by atoms with Crippen LogP contribution in [0.3, 0.4) is 0 Å². The molecule has 8 heteroatoms. The van der Waals surface area contributed by atoms with Crippen molar-refractivity contribution in [1.29, 1.82) is 0 Å². The van der Waals surface area contributed by atoms with Crippen LogP contribution in [-0.2, 0) is 4.79 Å². The standard InChI is InChI=1S/C15H22N4O4/c1-4-17-13(20)11-7-9(16)8-19(11)15(21)10-5-6-12(22-2)18-14(10)23-3/h5-6,9,11H,4,7-8,16H2,1-3H3,(H,17,20)/t9-,11-/m0/s1. The van der Waals surface area contributed by atoms with Gasteiger partial charge in [-0.2, -0.15) is 4.98 Å². The molecule has 8 nitrogen and oxygen atoms in total. The maximum absolute atomic E-state index is 12.8. The molecule has 0 spiro atoms. The molecule has 2 atom stereocenters. The van der Waals surface area contributed by atoms with Crippen molar-refractivity contribution < 1.29 is 19.1 Å². The Bertz CT molecular complexity index is 593. The summed E-state index contributed by atoms with van der Waals surface area (Å²) in [4.78, 5) is 30.6. The number of likely N-dealkylation sites (N-methyl/N-ethyl adjacent to an activating group) is 1. The van der Waals surface area contributed by atoms with Crippen LogP contribution in [0.25, 0.3) is 0 Å². The number of ether oxygens (including phenoxy) is 2. The number of rotatable bonds is 5. The maximum Gasteiger partial charge on any atom is 0.260 e. The van der Waals surface area contributed by atoms with E-state index < -0.39 is 6.04 Å². The average Bonchev–Trinajstić information content (AvgIpc) is 2.95. The first-order chi connectivity index (χ1) is 11.0. The minimum Gasteiger partial charge on any atom is -0.481 e. The predicted molar refractivity (Wildman–Crippen MR) is 83.4 cm³/mol. The molecule has 1 fully saturated rings. The summed E-state index contributed by atoms with van der Waals surface area (Å²) in [5.41, 5.74) is 6.22. The number of carbonyl (C=O) groups is 2. The molecule has 23 heavy (non-hydrogen) atoms. The van der Waals surface area contributed by atoms with Gasteiger partial charge in [-0.25, -0.2) is 0 Å². The molecule has 126 valence electrons. The molecule has 2 amide bonds. The number of hydrogen-bond donors (Lipinski definition) is 2. The number of carbonyl (C=O) groups excluding carboxylic acids is 2. The summed E-state index contributed by atoms with van der Waals surface area (Å²) in [6, 6.07) is 2.34. The van der Waals surface area contributed by atoms with Crippen LogP contribution in [-0.4, -0.2) is 61.1 Å². The molecule has 0 aliphatic carbocycles. The Hall–Kier alpha value is -2.35. The second-order valence-electron chi connectivity index (χ2n) is 5.27. The Kier molecular flexibility index (Phi) is 5.38. The zero-order valence-corrected chi connectivity index (χ0v) is 13.5. The van der Waals surface area contributed by atoms with E-state index in [1.165, 1.54) is 19.1 Å². The van der Waals surface area contributed by atoms with Crippen LogP contribution in [0, 0.1) is 0 Å². The van der Waals surface area contributed by atoms with Crippen molar-refractivity contribution in [2.24, 2.45) is 5.73 Å². The summed E-state index contributed by atoms with van der Waals surface area (Å²) in [6.07, 6.45) is 0.434. The van der Waals surface area contributed by atoms with Crippen LogP contribution in [0.2, 0.25) is 0 Å². The Labute approximate surface area is 134 Å². The first-order valence-electron chi connectivity index (χ1n) is 7.45. The van der Waals surface area contributed by atoms with Gasteiger partial charge in [-0.3, -0.25) is 9.59 Å². The Balaban J connectivity index is 2.29. The number of nitrogens with zero attached hydrogens (tertiary/aromatic N) is 2. The summed E-state index contributed by atoms with van der Waals surface area (Å²) in [6.45, 7) is 2.64. The normalized spacial score (nSPS) is 20.3. The largest absolute Gasteiger partial charge is 0.481 e. The molecule has 3 N–H and O–H groups in total. The van der Waals surface area contributed by atoms with Gasteiger partial charge in [-0.05, 0) is 19.4 Å². The highest BCUT2D eigenvalue weighted by Crippen LogP contribution is 2.25. The van der Waals surface area contributed by atoms with Gasteiger partial charge in [-0.1, -0.05) is 0 Å². The van der Waals surface area contributed by atoms with E-state index >= 15 is 0 Å². The van der Waals surface area contributed by atoms with E-state index in [4.69, 9.17) is 15.2 Å². The lowest BCUT2D eigenvalue weighted by Crippen LogP contribution is -2.46. The zero-order chi connectivity index (χ0) is 17.0. The molecule has 0 aromatic carbocycles. The Morgan fingerprint density at radius 3 is 2.74 bits per heavy atom. The summed E-state index contributed by atoms with van der Waals surface area (Å²) >= 11 is 0. The van der Waals surface area contributed by atoms with Gasteiger partial charge in [0.1, 0.15) is 11.6 Å². The smallest absolute Gasteiger partial charge is 0.260 e. The molecule has 1 saturated heterocycles. The molecule has 0 unspecified atom stereocenters. The number of nitrogens with one attached hydrogen (secondary N) is 1. The Morgan fingerprint density at radius 2 is 2.13 bits per heavy atom. The lowest BCUT2D eigenvalue weighted by molar-refractivity contribution is -0.124. The van der Waals surface area contributed by atoms with E-state index in [-0.39, 0.29) is 29.3 Å². The third kappa shape index (κ3) is 3.53. The number of likely N-dealkylation sites (tertiary alicyclic amines) is 1. The van der Waals surface area contributed by atoms with E-state index in [0.717, 1.165) is 0 Å². The van der Waals surface area contributed by atoms with Crippen LogP contribution in [0.4, 0.5) is 0 Å². The van der Waals surface area contributed by atoms with Gasteiger partial charge < -0.3 is 25.4 Å². The Morgan fingerprint density at radius 1 is 1.39 bits per heavy atom. The first kappa shape index (κ1) is 17.0. The molecule has 1 aliphatic heterocycles. The minimum absolute atomic E-state index is 0.157. The molecular formula is C15H22N4O4. The predicted octanol–water partition coefficient (Wildman–Crippen LogP) is -0.223. The summed E-state index contributed by atoms with van der Waals surface area (Å²) in [5, 5.41) is 2.74. The van der Waals surface area contributed by atoms with Crippen molar-refractivity contribution in [3.63, 3.8) is 0 Å². The summed E-state index contributed by atoms with van der Waals surface area (Å²) in [7, 11) is 2.91. The van der Waals surface area contributed by atoms with Crippen molar-refractivity contribution in [2.75, 3.05) is 27.3 Å². The molecule has 1 aromatic heterocycles. The molecule has 2 heterocycles. The third-order valence-corrected chi connectivity index (χ3v) is 3.72. The lowest BCUT2D eigenvalue weighted by atomic mass is 10.1. The average molecular weight is 322 g/mol. The minimum atomic E-state index is -0.579. The number of hydrogen-bond acceptors (Lipinski definition) is 6. The van der Waals surface area contributed by atoms with Crippen LogP contribution < -0.4 is 20.5 Å². The summed E-state index contributed by atoms with van der Waals surface area (Å²) < 4.78 is 10.2. The number of aromatic nitrogens is 1. The van der Waals surface area contributed by atoms with Gasteiger partial charge in [0.25, 0.3) is 5.91 Å². The molecule has 0 bridgehead atoms. The quantitative estimate of drug-likeness (QED) is 0.776. The van der Waals surface area contributed by atoms with Crippen molar-refractivity contribution in [3.8, 4) is 11.8 Å². The highest BCUT2D eigenvalue weighted by Gasteiger charge is 2.39. The third-order valence-electron chi connectivity index (χ3n) is 3.72. The zero-order valence-electron chi connectivity index (χ0n) is 13.5. The van der Waals surface area contributed by atoms with E-state index in [9.17, 15) is 9.59 Å². The first-order valence-corrected chi connectivity index (χ1v) is 7.45. The van der Waals surface area contributed by atoms with Crippen LogP contribution in [0.1, 0.15) is 23.7 Å². The fourth-order valence-electron chi connectivity index (χ4n) is 2.64. The maximum atomic E-state index is 12.8. The van der Waals surface area contributed by atoms with Crippen LogP contribution in [0.15, 0.2) is 12.1 Å². The molecule has 0 saturated carbocycles. The molecule has 2 rings (SSSR count). The fraction of sp³-hybridized carbons (Fsp3) is 0.533. The number of nitrogens with two attached hydrogens (primary N) is 1. The van der Waals surface area contributed by atoms with Gasteiger partial charge >= 0.3 is 0 Å². The van der Waals surface area contributed by atoms with Gasteiger partial charge in [-0.15, -0.1) is 0 Å². The van der Waals surface area contributed by atoms with Crippen molar-refractivity contribution in [3.05, 3.63) is 17.7 Å². The molecule has 0 radical (unpaired) electrons. The number of methoxy groups -OCH3 is 2. The SMILES string of the molecule is CCNC(=O)[C@@H]1C[C@H](N)CN1C(=O)c1ccc(OC)nc1OC. The van der Waals surface area contributed by atoms with Crippen LogP contribution >= 0.6 is 0 Å². The van der Waals surface area contributed by atoms with Crippen LogP contribution in [0.5, 0.6) is 11.8 Å². The highest BCUT2D eigenvalue weighted by atomic mass is 16.5. The lowest BCUT2D eigenvalue weighted by Gasteiger charge is -2.24. The van der Waals surface area contributed by atoms with E-state index in [0.29, 0.717) is 25.4 Å². The van der Waals surface area contributed by atoms with Gasteiger partial charge in [0, 0.05) is 25.2 Å². The molecule has 1 aliphatic rings. The van der Waals surface area contributed by atoms with E-state index in [1.807, 2.05) is 6.92 Å². The molecular weight excluding hydrogens is 300 g/mol. The van der Waals surface area contributed by atoms with Crippen molar-refractivity contribution >= 4 is 11.8 Å². The van der Waals surface area contributed by atoms with Gasteiger partial charge in [0.05, 0.1) is 14.2 Å². The van der Waals surface area contributed by atoms with E-state index in [2.05, 4.69) is 10.3 Å². The number of pyridine rings is 1.